The Labute approximate surface area is 130 Å². The number of hydrogen-bond donors (Lipinski definition) is 1. The Morgan fingerprint density at radius 2 is 2.05 bits per heavy atom. The van der Waals surface area contributed by atoms with Gasteiger partial charge in [-0.25, -0.2) is 0 Å². The van der Waals surface area contributed by atoms with Crippen molar-refractivity contribution in [3.63, 3.8) is 0 Å². The maximum Gasteiger partial charge on any atom is 0.305 e. The lowest BCUT2D eigenvalue weighted by Gasteiger charge is -2.16. The number of thiazole rings is 1. The third-order valence-corrected chi connectivity index (χ3v) is 4.55. The van der Waals surface area contributed by atoms with Gasteiger partial charge in [0.1, 0.15) is 0 Å². The van der Waals surface area contributed by atoms with E-state index >= 15 is 0 Å². The zero-order valence-electron chi connectivity index (χ0n) is 13.3. The second-order valence-electron chi connectivity index (χ2n) is 5.72. The molecule has 21 heavy (non-hydrogen) atoms. The minimum absolute atomic E-state index is 0.0314. The summed E-state index contributed by atoms with van der Waals surface area (Å²) in [4.78, 5) is 18.3. The van der Waals surface area contributed by atoms with Crippen molar-refractivity contribution in [3.8, 4) is 11.3 Å². The average molecular weight is 304 g/mol. The number of rotatable bonds is 6. The summed E-state index contributed by atoms with van der Waals surface area (Å²) in [5.41, 5.74) is 4.58. The maximum atomic E-state index is 11.8. The summed E-state index contributed by atoms with van der Waals surface area (Å²) >= 11 is 1.33. The van der Waals surface area contributed by atoms with E-state index in [1.807, 2.05) is 0 Å². The molecule has 2 rings (SSSR count). The number of benzene rings is 1. The molecule has 114 valence electrons. The molecular weight excluding hydrogens is 280 g/mol. The maximum absolute atomic E-state index is 11.8. The van der Waals surface area contributed by atoms with Gasteiger partial charge in [-0.15, -0.1) is 0 Å². The molecule has 0 radical (unpaired) electrons. The van der Waals surface area contributed by atoms with E-state index in [4.69, 9.17) is 0 Å². The van der Waals surface area contributed by atoms with Crippen LogP contribution in [0.25, 0.3) is 11.3 Å². The predicted octanol–water partition coefficient (Wildman–Crippen LogP) is 3.95. The highest BCUT2D eigenvalue weighted by Crippen LogP contribution is 2.27. The molecule has 1 N–H and O–H groups in total. The van der Waals surface area contributed by atoms with Gasteiger partial charge in [0.15, 0.2) is 0 Å². The quantitative estimate of drug-likeness (QED) is 0.877. The summed E-state index contributed by atoms with van der Waals surface area (Å²) in [6.45, 7) is 8.28. The first-order valence-electron chi connectivity index (χ1n) is 7.49. The van der Waals surface area contributed by atoms with E-state index in [9.17, 15) is 4.79 Å². The van der Waals surface area contributed by atoms with E-state index in [1.54, 1.807) is 0 Å². The number of aromatic amines is 1. The Morgan fingerprint density at radius 1 is 1.29 bits per heavy atom. The van der Waals surface area contributed by atoms with Crippen molar-refractivity contribution in [2.75, 3.05) is 13.6 Å². The van der Waals surface area contributed by atoms with Crippen LogP contribution in [0.4, 0.5) is 0 Å². The minimum Gasteiger partial charge on any atom is -0.312 e. The van der Waals surface area contributed by atoms with Gasteiger partial charge >= 0.3 is 4.87 Å². The van der Waals surface area contributed by atoms with Crippen molar-refractivity contribution in [3.05, 3.63) is 43.9 Å². The summed E-state index contributed by atoms with van der Waals surface area (Å²) in [5, 5.41) is 0. The zero-order valence-corrected chi connectivity index (χ0v) is 14.1. The van der Waals surface area contributed by atoms with Crippen LogP contribution in [-0.2, 0) is 6.54 Å². The Hall–Kier alpha value is -1.39. The second-order valence-corrected chi connectivity index (χ2v) is 6.79. The van der Waals surface area contributed by atoms with E-state index in [2.05, 4.69) is 55.9 Å². The molecule has 0 spiro atoms. The molecule has 0 saturated heterocycles. The van der Waals surface area contributed by atoms with Crippen LogP contribution in [0.2, 0.25) is 0 Å². The van der Waals surface area contributed by atoms with Crippen LogP contribution in [0.1, 0.15) is 35.8 Å². The lowest BCUT2D eigenvalue weighted by molar-refractivity contribution is 0.324. The summed E-state index contributed by atoms with van der Waals surface area (Å²) in [5.74, 6) is 0. The fraction of sp³-hybridized carbons (Fsp3) is 0.471. The van der Waals surface area contributed by atoms with Crippen molar-refractivity contribution in [2.45, 2.75) is 40.2 Å². The van der Waals surface area contributed by atoms with Gasteiger partial charge in [-0.3, -0.25) is 4.79 Å². The molecule has 3 nitrogen and oxygen atoms in total. The molecule has 0 fully saturated rings. The molecule has 0 aliphatic heterocycles. The fourth-order valence-electron chi connectivity index (χ4n) is 2.54. The number of aryl methyl sites for hydroxylation is 2. The average Bonchev–Trinajstić information content (AvgIpc) is 2.77. The van der Waals surface area contributed by atoms with Crippen molar-refractivity contribution in [2.24, 2.45) is 0 Å². The van der Waals surface area contributed by atoms with Gasteiger partial charge in [-0.2, -0.15) is 0 Å². The standard InChI is InChI=1S/C17H24N2OS/c1-5-6-9-19(4)11-15-16(18-17(20)21-15)14-8-7-12(2)10-13(14)3/h7-8,10H,5-6,9,11H2,1-4H3,(H,18,20). The lowest BCUT2D eigenvalue weighted by atomic mass is 10.0. The molecule has 1 aromatic heterocycles. The number of aromatic nitrogens is 1. The zero-order chi connectivity index (χ0) is 15.4. The molecule has 1 heterocycles. The normalized spacial score (nSPS) is 11.3. The van der Waals surface area contributed by atoms with Crippen molar-refractivity contribution in [1.82, 2.24) is 9.88 Å². The molecule has 0 unspecified atom stereocenters. The SMILES string of the molecule is CCCCN(C)Cc1sc(=O)[nH]c1-c1ccc(C)cc1C. The van der Waals surface area contributed by atoms with Crippen molar-refractivity contribution in [1.29, 1.82) is 0 Å². The number of nitrogens with zero attached hydrogens (tertiary/aromatic N) is 1. The number of H-pyrrole nitrogens is 1. The van der Waals surface area contributed by atoms with E-state index < -0.39 is 0 Å². The van der Waals surface area contributed by atoms with Crippen LogP contribution >= 0.6 is 11.3 Å². The summed E-state index contributed by atoms with van der Waals surface area (Å²) in [6, 6.07) is 6.37. The van der Waals surface area contributed by atoms with E-state index in [0.29, 0.717) is 0 Å². The third kappa shape index (κ3) is 4.05. The van der Waals surface area contributed by atoms with Gasteiger partial charge in [-0.1, -0.05) is 48.4 Å². The number of nitrogens with one attached hydrogen (secondary N) is 1. The highest BCUT2D eigenvalue weighted by Gasteiger charge is 2.14. The Morgan fingerprint density at radius 3 is 2.71 bits per heavy atom. The molecule has 4 heteroatoms. The molecule has 2 aromatic rings. The van der Waals surface area contributed by atoms with Crippen LogP contribution in [0.15, 0.2) is 23.0 Å². The minimum atomic E-state index is 0.0314. The smallest absolute Gasteiger partial charge is 0.305 e. The van der Waals surface area contributed by atoms with E-state index in [1.165, 1.54) is 35.3 Å². The Bertz CT molecular complexity index is 657. The van der Waals surface area contributed by atoms with Gasteiger partial charge in [0.25, 0.3) is 0 Å². The van der Waals surface area contributed by atoms with Crippen LogP contribution in [-0.4, -0.2) is 23.5 Å². The Balaban J connectivity index is 2.30. The largest absolute Gasteiger partial charge is 0.312 e. The van der Waals surface area contributed by atoms with Gasteiger partial charge in [0.05, 0.1) is 5.69 Å². The number of unbranched alkanes of at least 4 members (excludes halogenated alkanes) is 1. The molecule has 0 aliphatic carbocycles. The molecule has 0 bridgehead atoms. The monoisotopic (exact) mass is 304 g/mol. The van der Waals surface area contributed by atoms with Crippen LogP contribution in [0.5, 0.6) is 0 Å². The van der Waals surface area contributed by atoms with E-state index in [-0.39, 0.29) is 4.87 Å². The van der Waals surface area contributed by atoms with Crippen LogP contribution in [0.3, 0.4) is 0 Å². The highest BCUT2D eigenvalue weighted by molar-refractivity contribution is 7.09. The summed E-state index contributed by atoms with van der Waals surface area (Å²) in [6.07, 6.45) is 2.38. The second kappa shape index (κ2) is 7.05. The number of hydrogen-bond acceptors (Lipinski definition) is 3. The lowest BCUT2D eigenvalue weighted by Crippen LogP contribution is -2.18. The first kappa shape index (κ1) is 16.0. The molecule has 0 aliphatic rings. The van der Waals surface area contributed by atoms with Gasteiger partial charge in [0, 0.05) is 17.0 Å². The molecule has 1 aromatic carbocycles. The summed E-state index contributed by atoms with van der Waals surface area (Å²) in [7, 11) is 2.12. The predicted molar refractivity (Wildman–Crippen MR) is 91.1 cm³/mol. The highest BCUT2D eigenvalue weighted by atomic mass is 32.1. The first-order chi connectivity index (χ1) is 10.0. The first-order valence-corrected chi connectivity index (χ1v) is 8.31. The topological polar surface area (TPSA) is 36.1 Å². The van der Waals surface area contributed by atoms with E-state index in [0.717, 1.165) is 29.2 Å². The molecule has 0 amide bonds. The van der Waals surface area contributed by atoms with Crippen LogP contribution < -0.4 is 4.87 Å². The Kier molecular flexibility index (Phi) is 5.37. The van der Waals surface area contributed by atoms with Crippen molar-refractivity contribution >= 4 is 11.3 Å². The molecule has 0 atom stereocenters. The third-order valence-electron chi connectivity index (χ3n) is 3.68. The van der Waals surface area contributed by atoms with Gasteiger partial charge < -0.3 is 9.88 Å². The van der Waals surface area contributed by atoms with Crippen molar-refractivity contribution < 1.29 is 0 Å². The van der Waals surface area contributed by atoms with Crippen LogP contribution in [0, 0.1) is 13.8 Å². The summed E-state index contributed by atoms with van der Waals surface area (Å²) < 4.78 is 0. The molecule has 0 saturated carbocycles. The fourth-order valence-corrected chi connectivity index (χ4v) is 3.46. The molecular formula is C17H24N2OS. The van der Waals surface area contributed by atoms with Gasteiger partial charge in [-0.05, 0) is 39.4 Å². The van der Waals surface area contributed by atoms with Gasteiger partial charge in [0.2, 0.25) is 0 Å².